The van der Waals surface area contributed by atoms with Gasteiger partial charge in [0.15, 0.2) is 0 Å². The van der Waals surface area contributed by atoms with E-state index < -0.39 is 0 Å². The number of nitrogens with zero attached hydrogens (tertiary/aromatic N) is 2. The highest BCUT2D eigenvalue weighted by Gasteiger charge is 2.67. The largest absolute Gasteiger partial charge is 0.323 e. The maximum atomic E-state index is 12.9. The molecule has 3 fully saturated rings. The molecule has 1 N–H and O–H groups in total. The van der Waals surface area contributed by atoms with Gasteiger partial charge < -0.3 is 5.32 Å². The highest BCUT2D eigenvalue weighted by molar-refractivity contribution is 6.09. The molecule has 2 aromatic rings. The number of benzene rings is 1. The van der Waals surface area contributed by atoms with Crippen molar-refractivity contribution in [2.75, 3.05) is 11.9 Å². The molecule has 1 saturated heterocycles. The van der Waals surface area contributed by atoms with Crippen molar-refractivity contribution in [2.24, 2.45) is 35.5 Å². The van der Waals surface area contributed by atoms with Crippen molar-refractivity contribution in [3.63, 3.8) is 0 Å². The molecule has 4 aliphatic carbocycles. The van der Waals surface area contributed by atoms with Gasteiger partial charge in [-0.05, 0) is 42.2 Å². The number of aromatic nitrogens is 1. The lowest BCUT2D eigenvalue weighted by atomic mass is 9.63. The van der Waals surface area contributed by atoms with Crippen molar-refractivity contribution >= 4 is 34.3 Å². The zero-order valence-corrected chi connectivity index (χ0v) is 15.1. The summed E-state index contributed by atoms with van der Waals surface area (Å²) in [7, 11) is 0. The standard InChI is InChI=1S/C22H19N3O3/c26-18(24-12-7-11-3-1-2-4-17(11)23-9-12)10-25-21(27)19-13-5-6-14(16-8-15(13)16)20(19)22(25)28/h1-7,9,13-16,19-20H,8,10H2,(H,24,26)/t13-,14-,15-,16-,19+,20+/m0/s1. The van der Waals surface area contributed by atoms with Crippen molar-refractivity contribution in [3.8, 4) is 0 Å². The SMILES string of the molecule is O=C(CN1C(=O)[C@@H]2[C@H]3C=C[C@@H]([C@@H]4C[C@@H]34)[C@H]2C1=O)Nc1cnc2ccccc2c1. The van der Waals surface area contributed by atoms with Gasteiger partial charge in [0, 0.05) is 5.39 Å². The Kier molecular flexibility index (Phi) is 3.14. The van der Waals surface area contributed by atoms with Crippen LogP contribution >= 0.6 is 0 Å². The molecule has 6 heteroatoms. The van der Waals surface area contributed by atoms with Crippen LogP contribution in [-0.4, -0.2) is 34.2 Å². The van der Waals surface area contributed by atoms with E-state index in [1.165, 1.54) is 4.90 Å². The minimum Gasteiger partial charge on any atom is -0.323 e. The number of fused-ring (bicyclic) bond motifs is 1. The first-order valence-corrected chi connectivity index (χ1v) is 9.80. The Morgan fingerprint density at radius 1 is 1.07 bits per heavy atom. The number of pyridine rings is 1. The summed E-state index contributed by atoms with van der Waals surface area (Å²) >= 11 is 0. The second-order valence-corrected chi connectivity index (χ2v) is 8.38. The Morgan fingerprint density at radius 2 is 1.75 bits per heavy atom. The summed E-state index contributed by atoms with van der Waals surface area (Å²) in [5.41, 5.74) is 1.40. The van der Waals surface area contributed by atoms with Gasteiger partial charge in [0.05, 0.1) is 29.2 Å². The first-order valence-electron chi connectivity index (χ1n) is 9.80. The number of carbonyl (C=O) groups excluding carboxylic acids is 3. The highest BCUT2D eigenvalue weighted by Crippen LogP contribution is 2.65. The molecule has 3 amide bonds. The predicted molar refractivity (Wildman–Crippen MR) is 102 cm³/mol. The number of rotatable bonds is 3. The predicted octanol–water partition coefficient (Wildman–Crippen LogP) is 2.23. The molecule has 28 heavy (non-hydrogen) atoms. The fourth-order valence-electron chi connectivity index (χ4n) is 5.66. The molecular weight excluding hydrogens is 354 g/mol. The lowest BCUT2D eigenvalue weighted by Gasteiger charge is -2.37. The normalized spacial score (nSPS) is 34.5. The van der Waals surface area contributed by atoms with Crippen LogP contribution in [0.4, 0.5) is 5.69 Å². The van der Waals surface area contributed by atoms with E-state index in [4.69, 9.17) is 0 Å². The Balaban J connectivity index is 1.20. The first kappa shape index (κ1) is 16.0. The number of hydrogen-bond acceptors (Lipinski definition) is 4. The van der Waals surface area contributed by atoms with Gasteiger partial charge in [-0.3, -0.25) is 24.3 Å². The summed E-state index contributed by atoms with van der Waals surface area (Å²) in [6, 6.07) is 9.47. The fraction of sp³-hybridized carbons (Fsp3) is 0.364. The van der Waals surface area contributed by atoms with Crippen LogP contribution in [0.25, 0.3) is 10.9 Å². The zero-order chi connectivity index (χ0) is 19.0. The van der Waals surface area contributed by atoms with Crippen LogP contribution in [0.2, 0.25) is 0 Å². The van der Waals surface area contributed by atoms with E-state index in [-0.39, 0.29) is 47.9 Å². The van der Waals surface area contributed by atoms with E-state index in [1.54, 1.807) is 6.20 Å². The van der Waals surface area contributed by atoms with Gasteiger partial charge in [-0.25, -0.2) is 0 Å². The molecule has 6 atom stereocenters. The second kappa shape index (κ2) is 5.50. The quantitative estimate of drug-likeness (QED) is 0.661. The van der Waals surface area contributed by atoms with Gasteiger partial charge in [0.25, 0.3) is 0 Å². The molecule has 2 bridgehead atoms. The summed E-state index contributed by atoms with van der Waals surface area (Å²) in [6.07, 6.45) is 6.99. The van der Waals surface area contributed by atoms with Crippen LogP contribution < -0.4 is 5.32 Å². The molecule has 0 unspecified atom stereocenters. The summed E-state index contributed by atoms with van der Waals surface area (Å²) in [6.45, 7) is -0.230. The third-order valence-corrected chi connectivity index (χ3v) is 6.93. The van der Waals surface area contributed by atoms with Crippen LogP contribution in [0.1, 0.15) is 6.42 Å². The molecule has 5 aliphatic rings. The number of nitrogens with one attached hydrogen (secondary N) is 1. The number of amides is 3. The maximum Gasteiger partial charge on any atom is 0.244 e. The molecule has 2 saturated carbocycles. The van der Waals surface area contributed by atoms with E-state index in [1.807, 2.05) is 30.3 Å². The molecular formula is C22H19N3O3. The number of allylic oxidation sites excluding steroid dienone is 2. The van der Waals surface area contributed by atoms with Gasteiger partial charge in [0.2, 0.25) is 17.7 Å². The van der Waals surface area contributed by atoms with Crippen molar-refractivity contribution in [1.82, 2.24) is 9.88 Å². The highest BCUT2D eigenvalue weighted by atomic mass is 16.2. The average molecular weight is 373 g/mol. The number of carbonyl (C=O) groups is 3. The molecule has 140 valence electrons. The Morgan fingerprint density at radius 3 is 2.46 bits per heavy atom. The van der Waals surface area contributed by atoms with Crippen LogP contribution in [0.3, 0.4) is 0 Å². The van der Waals surface area contributed by atoms with Crippen LogP contribution in [-0.2, 0) is 14.4 Å². The molecule has 1 aromatic carbocycles. The first-order chi connectivity index (χ1) is 13.6. The average Bonchev–Trinajstić information content (AvgIpc) is 3.49. The summed E-state index contributed by atoms with van der Waals surface area (Å²) in [5, 5.41) is 3.69. The fourth-order valence-corrected chi connectivity index (χ4v) is 5.66. The molecule has 0 spiro atoms. The monoisotopic (exact) mass is 373 g/mol. The Labute approximate surface area is 161 Å². The van der Waals surface area contributed by atoms with E-state index in [0.29, 0.717) is 17.5 Å². The molecule has 1 aromatic heterocycles. The van der Waals surface area contributed by atoms with Crippen LogP contribution in [0.15, 0.2) is 48.7 Å². The smallest absolute Gasteiger partial charge is 0.244 e. The van der Waals surface area contributed by atoms with Crippen molar-refractivity contribution in [2.45, 2.75) is 6.42 Å². The van der Waals surface area contributed by atoms with E-state index in [2.05, 4.69) is 22.5 Å². The van der Waals surface area contributed by atoms with Gasteiger partial charge in [0.1, 0.15) is 6.54 Å². The van der Waals surface area contributed by atoms with Gasteiger partial charge in [-0.2, -0.15) is 0 Å². The number of likely N-dealkylation sites (tertiary alicyclic amines) is 1. The molecule has 7 rings (SSSR count). The Hall–Kier alpha value is -3.02. The number of para-hydroxylation sites is 1. The molecule has 6 nitrogen and oxygen atoms in total. The van der Waals surface area contributed by atoms with Gasteiger partial charge in [-0.15, -0.1) is 0 Å². The lowest BCUT2D eigenvalue weighted by molar-refractivity contribution is -0.142. The van der Waals surface area contributed by atoms with Crippen LogP contribution in [0, 0.1) is 35.5 Å². The summed E-state index contributed by atoms with van der Waals surface area (Å²) in [5.74, 6) is 0.225. The molecule has 1 aliphatic heterocycles. The van der Waals surface area contributed by atoms with Crippen LogP contribution in [0.5, 0.6) is 0 Å². The lowest BCUT2D eigenvalue weighted by Crippen LogP contribution is -2.40. The summed E-state index contributed by atoms with van der Waals surface area (Å²) < 4.78 is 0. The second-order valence-electron chi connectivity index (χ2n) is 8.38. The number of imide groups is 1. The molecule has 0 radical (unpaired) electrons. The number of hydrogen-bond donors (Lipinski definition) is 1. The van der Waals surface area contributed by atoms with E-state index >= 15 is 0 Å². The minimum absolute atomic E-state index is 0.175. The topological polar surface area (TPSA) is 79.4 Å². The number of anilines is 1. The third-order valence-electron chi connectivity index (χ3n) is 6.93. The minimum atomic E-state index is -0.372. The van der Waals surface area contributed by atoms with Gasteiger partial charge >= 0.3 is 0 Å². The van der Waals surface area contributed by atoms with E-state index in [9.17, 15) is 14.4 Å². The van der Waals surface area contributed by atoms with Crippen molar-refractivity contribution < 1.29 is 14.4 Å². The molecule has 2 heterocycles. The van der Waals surface area contributed by atoms with Crippen molar-refractivity contribution in [3.05, 3.63) is 48.7 Å². The summed E-state index contributed by atoms with van der Waals surface area (Å²) in [4.78, 5) is 43.9. The Bertz CT molecular complexity index is 1040. The van der Waals surface area contributed by atoms with Gasteiger partial charge in [-0.1, -0.05) is 30.4 Å². The van der Waals surface area contributed by atoms with Crippen molar-refractivity contribution in [1.29, 1.82) is 0 Å². The zero-order valence-electron chi connectivity index (χ0n) is 15.1. The third kappa shape index (κ3) is 2.14. The van der Waals surface area contributed by atoms with E-state index in [0.717, 1.165) is 17.3 Å². The maximum absolute atomic E-state index is 12.9.